The second-order valence-electron chi connectivity index (χ2n) is 5.50. The van der Waals surface area contributed by atoms with Gasteiger partial charge in [0.1, 0.15) is 17.3 Å². The van der Waals surface area contributed by atoms with E-state index in [0.29, 0.717) is 18.8 Å². The molecular formula is C16H21N3O3. The maximum Gasteiger partial charge on any atom is 0.272 e. The summed E-state index contributed by atoms with van der Waals surface area (Å²) in [5.74, 6) is 1.51. The monoisotopic (exact) mass is 303 g/mol. The molecule has 6 heteroatoms. The van der Waals surface area contributed by atoms with E-state index in [0.717, 1.165) is 37.5 Å². The summed E-state index contributed by atoms with van der Waals surface area (Å²) >= 11 is 0. The lowest BCUT2D eigenvalue weighted by atomic mass is 10.2. The first-order chi connectivity index (χ1) is 10.8. The summed E-state index contributed by atoms with van der Waals surface area (Å²) in [4.78, 5) is 21.8. The van der Waals surface area contributed by atoms with E-state index in [1.54, 1.807) is 17.4 Å². The van der Waals surface area contributed by atoms with Crippen molar-refractivity contribution in [1.82, 2.24) is 14.9 Å². The lowest BCUT2D eigenvalue weighted by Crippen LogP contribution is -2.37. The third-order valence-electron chi connectivity index (χ3n) is 3.86. The quantitative estimate of drug-likeness (QED) is 0.889. The lowest BCUT2D eigenvalue weighted by molar-refractivity contribution is 0.0487. The van der Waals surface area contributed by atoms with Crippen molar-refractivity contribution in [2.45, 2.75) is 38.8 Å². The van der Waals surface area contributed by atoms with Crippen molar-refractivity contribution in [2.75, 3.05) is 13.2 Å². The molecule has 0 aliphatic carbocycles. The van der Waals surface area contributed by atoms with Crippen molar-refractivity contribution in [3.63, 3.8) is 0 Å². The molecule has 1 saturated heterocycles. The van der Waals surface area contributed by atoms with Crippen molar-refractivity contribution >= 4 is 5.91 Å². The van der Waals surface area contributed by atoms with Crippen molar-refractivity contribution in [1.29, 1.82) is 0 Å². The van der Waals surface area contributed by atoms with Crippen LogP contribution in [0.5, 0.6) is 0 Å². The summed E-state index contributed by atoms with van der Waals surface area (Å²) < 4.78 is 11.0. The molecule has 0 aromatic carbocycles. The second kappa shape index (κ2) is 6.79. The molecule has 1 aliphatic rings. The van der Waals surface area contributed by atoms with Gasteiger partial charge in [-0.3, -0.25) is 4.79 Å². The molecule has 0 radical (unpaired) electrons. The van der Waals surface area contributed by atoms with Crippen LogP contribution in [0, 0.1) is 0 Å². The number of carbonyl (C=O) groups is 1. The van der Waals surface area contributed by atoms with Crippen LogP contribution in [-0.4, -0.2) is 40.0 Å². The molecule has 3 rings (SSSR count). The number of nitrogens with one attached hydrogen (secondary N) is 1. The smallest absolute Gasteiger partial charge is 0.272 e. The van der Waals surface area contributed by atoms with Gasteiger partial charge in [0.15, 0.2) is 0 Å². The third-order valence-corrected chi connectivity index (χ3v) is 3.86. The van der Waals surface area contributed by atoms with Gasteiger partial charge in [0, 0.05) is 19.6 Å². The minimum absolute atomic E-state index is 0.0703. The highest BCUT2D eigenvalue weighted by molar-refractivity contribution is 5.92. The molecule has 1 aliphatic heterocycles. The van der Waals surface area contributed by atoms with Crippen LogP contribution < -0.4 is 0 Å². The Bertz CT molecular complexity index is 600. The van der Waals surface area contributed by atoms with E-state index < -0.39 is 0 Å². The van der Waals surface area contributed by atoms with Crippen LogP contribution in [0.1, 0.15) is 41.8 Å². The molecule has 0 bridgehead atoms. The minimum atomic E-state index is -0.0703. The number of carbonyl (C=O) groups excluding carboxylic acids is 1. The first-order valence-electron chi connectivity index (χ1n) is 7.73. The van der Waals surface area contributed by atoms with E-state index in [4.69, 9.17) is 9.15 Å². The number of hydrogen-bond acceptors (Lipinski definition) is 4. The van der Waals surface area contributed by atoms with Crippen LogP contribution in [0.15, 0.2) is 29.0 Å². The number of ether oxygens (including phenoxy) is 1. The minimum Gasteiger partial charge on any atom is -0.467 e. The predicted octanol–water partition coefficient (Wildman–Crippen LogP) is 2.39. The Balaban J connectivity index is 1.74. The topological polar surface area (TPSA) is 71.4 Å². The van der Waals surface area contributed by atoms with Crippen molar-refractivity contribution < 1.29 is 13.9 Å². The first-order valence-corrected chi connectivity index (χ1v) is 7.73. The number of amides is 1. The molecule has 1 atom stereocenters. The third kappa shape index (κ3) is 3.39. The van der Waals surface area contributed by atoms with Gasteiger partial charge in [0.05, 0.1) is 25.1 Å². The SMILES string of the molecule is CCc1ncc(C(=O)N(Cc2ccco2)C[C@H]2CCCO2)[nH]1. The number of imidazole rings is 1. The van der Waals surface area contributed by atoms with Crippen LogP contribution in [0.25, 0.3) is 0 Å². The van der Waals surface area contributed by atoms with Gasteiger partial charge in [-0.2, -0.15) is 0 Å². The fourth-order valence-corrected chi connectivity index (χ4v) is 2.67. The van der Waals surface area contributed by atoms with Gasteiger partial charge < -0.3 is 19.0 Å². The predicted molar refractivity (Wildman–Crippen MR) is 80.4 cm³/mol. The zero-order valence-corrected chi connectivity index (χ0v) is 12.7. The number of H-pyrrole nitrogens is 1. The van der Waals surface area contributed by atoms with Crippen molar-refractivity contribution in [3.8, 4) is 0 Å². The normalized spacial score (nSPS) is 17.8. The van der Waals surface area contributed by atoms with Gasteiger partial charge in [-0.1, -0.05) is 6.92 Å². The Morgan fingerprint density at radius 1 is 1.55 bits per heavy atom. The van der Waals surface area contributed by atoms with E-state index in [-0.39, 0.29) is 12.0 Å². The van der Waals surface area contributed by atoms with Gasteiger partial charge in [0.25, 0.3) is 5.91 Å². The standard InChI is InChI=1S/C16H21N3O3/c1-2-15-17-9-14(18-15)16(20)19(10-12-5-3-7-21-12)11-13-6-4-8-22-13/h3,5,7,9,13H,2,4,6,8,10-11H2,1H3,(H,17,18)/t13-/m1/s1. The Kier molecular flexibility index (Phi) is 4.58. The molecule has 3 heterocycles. The number of furan rings is 1. The van der Waals surface area contributed by atoms with E-state index in [1.165, 1.54) is 0 Å². The second-order valence-corrected chi connectivity index (χ2v) is 5.50. The maximum atomic E-state index is 12.7. The summed E-state index contributed by atoms with van der Waals surface area (Å²) in [5, 5.41) is 0. The fourth-order valence-electron chi connectivity index (χ4n) is 2.67. The molecule has 2 aromatic rings. The largest absolute Gasteiger partial charge is 0.467 e. The molecule has 1 N–H and O–H groups in total. The zero-order valence-electron chi connectivity index (χ0n) is 12.7. The summed E-state index contributed by atoms with van der Waals surface area (Å²) in [6.07, 6.45) is 6.15. The number of aromatic nitrogens is 2. The van der Waals surface area contributed by atoms with E-state index >= 15 is 0 Å². The summed E-state index contributed by atoms with van der Waals surface area (Å²) in [7, 11) is 0. The first kappa shape index (κ1) is 14.8. The van der Waals surface area contributed by atoms with Crippen LogP contribution >= 0.6 is 0 Å². The number of aryl methyl sites for hydroxylation is 1. The molecule has 118 valence electrons. The molecule has 0 unspecified atom stereocenters. The van der Waals surface area contributed by atoms with Gasteiger partial charge in [0.2, 0.25) is 0 Å². The maximum absolute atomic E-state index is 12.7. The Hall–Kier alpha value is -2.08. The van der Waals surface area contributed by atoms with Crippen LogP contribution in [0.4, 0.5) is 0 Å². The molecule has 0 saturated carbocycles. The van der Waals surface area contributed by atoms with Crippen molar-refractivity contribution in [2.24, 2.45) is 0 Å². The highest BCUT2D eigenvalue weighted by Crippen LogP contribution is 2.17. The van der Waals surface area contributed by atoms with Gasteiger partial charge in [-0.25, -0.2) is 4.98 Å². The lowest BCUT2D eigenvalue weighted by Gasteiger charge is -2.24. The van der Waals surface area contributed by atoms with E-state index in [9.17, 15) is 4.79 Å². The number of aromatic amines is 1. The molecule has 1 amide bonds. The van der Waals surface area contributed by atoms with Crippen LogP contribution in [0.2, 0.25) is 0 Å². The Labute approximate surface area is 129 Å². The van der Waals surface area contributed by atoms with Crippen LogP contribution in [-0.2, 0) is 17.7 Å². The van der Waals surface area contributed by atoms with Gasteiger partial charge in [-0.15, -0.1) is 0 Å². The molecule has 22 heavy (non-hydrogen) atoms. The number of hydrogen-bond donors (Lipinski definition) is 1. The van der Waals surface area contributed by atoms with E-state index in [2.05, 4.69) is 9.97 Å². The summed E-state index contributed by atoms with van der Waals surface area (Å²) in [6.45, 7) is 3.78. The van der Waals surface area contributed by atoms with Gasteiger partial charge >= 0.3 is 0 Å². The van der Waals surface area contributed by atoms with Crippen LogP contribution in [0.3, 0.4) is 0 Å². The Morgan fingerprint density at radius 3 is 3.09 bits per heavy atom. The molecular weight excluding hydrogens is 282 g/mol. The average Bonchev–Trinajstić information content (AvgIpc) is 3.28. The highest BCUT2D eigenvalue weighted by atomic mass is 16.5. The Morgan fingerprint density at radius 2 is 2.45 bits per heavy atom. The van der Waals surface area contributed by atoms with E-state index in [1.807, 2.05) is 19.1 Å². The highest BCUT2D eigenvalue weighted by Gasteiger charge is 2.25. The summed E-state index contributed by atoms with van der Waals surface area (Å²) in [6, 6.07) is 3.70. The molecule has 1 fully saturated rings. The fraction of sp³-hybridized carbons (Fsp3) is 0.500. The molecule has 6 nitrogen and oxygen atoms in total. The van der Waals surface area contributed by atoms with Crippen molar-refractivity contribution in [3.05, 3.63) is 41.9 Å². The average molecular weight is 303 g/mol. The molecule has 2 aromatic heterocycles. The number of nitrogens with zero attached hydrogens (tertiary/aromatic N) is 2. The number of rotatable bonds is 6. The zero-order chi connectivity index (χ0) is 15.4. The molecule has 0 spiro atoms. The van der Waals surface area contributed by atoms with Gasteiger partial charge in [-0.05, 0) is 25.0 Å². The summed E-state index contributed by atoms with van der Waals surface area (Å²) in [5.41, 5.74) is 0.515.